The molecule has 28 heavy (non-hydrogen) atoms. The second kappa shape index (κ2) is 9.17. The summed E-state index contributed by atoms with van der Waals surface area (Å²) in [7, 11) is -3.74. The van der Waals surface area contributed by atoms with E-state index in [9.17, 15) is 18.0 Å². The number of rotatable bonds is 7. The molecule has 0 spiro atoms. The molecule has 0 saturated carbocycles. The number of sulfonamides is 1. The van der Waals surface area contributed by atoms with E-state index in [2.05, 4.69) is 16.0 Å². The number of amides is 1. The Hall–Kier alpha value is -3.15. The average molecular weight is 400 g/mol. The minimum absolute atomic E-state index is 0.0352. The van der Waals surface area contributed by atoms with Crippen LogP contribution in [0, 0.1) is 26.2 Å². The number of esters is 1. The van der Waals surface area contributed by atoms with Crippen LogP contribution in [-0.2, 0) is 19.6 Å². The fourth-order valence-corrected chi connectivity index (χ4v) is 3.21. The van der Waals surface area contributed by atoms with Crippen LogP contribution in [0.25, 0.3) is 0 Å². The standard InChI is InChI=1S/C20H20N2O5S/c1-4-12-21-28(25,26)17-10-8-16(9-11-17)20(24)27-13-19(23)22-18-7-5-6-14(2)15(18)3/h1,5-11,21H,12-13H2,2-3H3,(H,22,23). The van der Waals surface area contributed by atoms with Gasteiger partial charge >= 0.3 is 5.97 Å². The summed E-state index contributed by atoms with van der Waals surface area (Å²) in [6, 6.07) is 10.6. The summed E-state index contributed by atoms with van der Waals surface area (Å²) in [4.78, 5) is 24.0. The minimum Gasteiger partial charge on any atom is -0.452 e. The molecule has 0 saturated heterocycles. The molecule has 8 heteroatoms. The lowest BCUT2D eigenvalue weighted by atomic mass is 10.1. The largest absolute Gasteiger partial charge is 0.452 e. The van der Waals surface area contributed by atoms with Crippen LogP contribution >= 0.6 is 0 Å². The second-order valence-electron chi connectivity index (χ2n) is 5.92. The molecular weight excluding hydrogens is 380 g/mol. The number of anilines is 1. The van der Waals surface area contributed by atoms with Crippen molar-refractivity contribution in [2.24, 2.45) is 0 Å². The number of benzene rings is 2. The zero-order chi connectivity index (χ0) is 20.7. The van der Waals surface area contributed by atoms with Crippen LogP contribution in [0.5, 0.6) is 0 Å². The fourth-order valence-electron chi connectivity index (χ4n) is 2.28. The maximum atomic E-state index is 12.1. The van der Waals surface area contributed by atoms with Crippen LogP contribution in [0.4, 0.5) is 5.69 Å². The molecule has 1 amide bonds. The van der Waals surface area contributed by atoms with Crippen molar-refractivity contribution in [3.05, 3.63) is 59.2 Å². The normalized spacial score (nSPS) is 10.8. The number of aryl methyl sites for hydroxylation is 1. The summed E-state index contributed by atoms with van der Waals surface area (Å²) < 4.78 is 31.1. The first kappa shape index (κ1) is 21.2. The lowest BCUT2D eigenvalue weighted by molar-refractivity contribution is -0.119. The van der Waals surface area contributed by atoms with Gasteiger partial charge in [-0.1, -0.05) is 18.1 Å². The van der Waals surface area contributed by atoms with Gasteiger partial charge in [0.1, 0.15) is 0 Å². The number of terminal acetylenes is 1. The summed E-state index contributed by atoms with van der Waals surface area (Å²) >= 11 is 0. The van der Waals surface area contributed by atoms with Gasteiger partial charge in [0.15, 0.2) is 6.61 Å². The molecule has 0 aliphatic rings. The Morgan fingerprint density at radius 2 is 1.79 bits per heavy atom. The van der Waals surface area contributed by atoms with Gasteiger partial charge in [-0.15, -0.1) is 6.42 Å². The molecule has 0 atom stereocenters. The fraction of sp³-hybridized carbons (Fsp3) is 0.200. The van der Waals surface area contributed by atoms with Crippen molar-refractivity contribution in [2.75, 3.05) is 18.5 Å². The van der Waals surface area contributed by atoms with Gasteiger partial charge in [0.05, 0.1) is 17.0 Å². The van der Waals surface area contributed by atoms with Crippen LogP contribution < -0.4 is 10.0 Å². The van der Waals surface area contributed by atoms with Crippen molar-refractivity contribution in [2.45, 2.75) is 18.7 Å². The van der Waals surface area contributed by atoms with Gasteiger partial charge < -0.3 is 10.1 Å². The predicted octanol–water partition coefficient (Wildman–Crippen LogP) is 2.01. The molecule has 0 aliphatic carbocycles. The third-order valence-electron chi connectivity index (χ3n) is 3.98. The highest BCUT2D eigenvalue weighted by Crippen LogP contribution is 2.18. The Morgan fingerprint density at radius 1 is 1.11 bits per heavy atom. The van der Waals surface area contributed by atoms with E-state index in [-0.39, 0.29) is 17.0 Å². The van der Waals surface area contributed by atoms with Gasteiger partial charge in [-0.3, -0.25) is 4.79 Å². The molecule has 2 N–H and O–H groups in total. The molecule has 0 unspecified atom stereocenters. The van der Waals surface area contributed by atoms with E-state index in [4.69, 9.17) is 11.2 Å². The smallest absolute Gasteiger partial charge is 0.338 e. The maximum absolute atomic E-state index is 12.1. The molecule has 0 bridgehead atoms. The van der Waals surface area contributed by atoms with E-state index in [1.54, 1.807) is 6.07 Å². The number of ether oxygens (including phenoxy) is 1. The van der Waals surface area contributed by atoms with Crippen LogP contribution in [0.3, 0.4) is 0 Å². The van der Waals surface area contributed by atoms with Gasteiger partial charge in [0.25, 0.3) is 5.91 Å². The zero-order valence-electron chi connectivity index (χ0n) is 15.5. The molecule has 2 rings (SSSR count). The van der Waals surface area contributed by atoms with Crippen molar-refractivity contribution >= 4 is 27.6 Å². The van der Waals surface area contributed by atoms with Gasteiger partial charge in [-0.2, -0.15) is 4.72 Å². The van der Waals surface area contributed by atoms with Crippen molar-refractivity contribution in [1.82, 2.24) is 4.72 Å². The predicted molar refractivity (Wildman–Crippen MR) is 105 cm³/mol. The SMILES string of the molecule is C#CCNS(=O)(=O)c1ccc(C(=O)OCC(=O)Nc2cccc(C)c2C)cc1. The van der Waals surface area contributed by atoms with Crippen LogP contribution in [0.2, 0.25) is 0 Å². The highest BCUT2D eigenvalue weighted by molar-refractivity contribution is 7.89. The van der Waals surface area contributed by atoms with E-state index < -0.39 is 28.5 Å². The first-order valence-electron chi connectivity index (χ1n) is 8.31. The lowest BCUT2D eigenvalue weighted by Gasteiger charge is -2.11. The summed E-state index contributed by atoms with van der Waals surface area (Å²) in [6.45, 7) is 3.21. The third kappa shape index (κ3) is 5.42. The Morgan fingerprint density at radius 3 is 2.43 bits per heavy atom. The van der Waals surface area contributed by atoms with Gasteiger partial charge in [-0.05, 0) is 55.3 Å². The Bertz CT molecular complexity index is 1020. The number of carbonyl (C=O) groups is 2. The number of nitrogens with one attached hydrogen (secondary N) is 2. The van der Waals surface area contributed by atoms with Crippen molar-refractivity contribution in [1.29, 1.82) is 0 Å². The highest BCUT2D eigenvalue weighted by atomic mass is 32.2. The van der Waals surface area contributed by atoms with E-state index in [0.717, 1.165) is 11.1 Å². The minimum atomic E-state index is -3.74. The molecule has 0 aromatic heterocycles. The van der Waals surface area contributed by atoms with Crippen molar-refractivity contribution in [3.63, 3.8) is 0 Å². The summed E-state index contributed by atoms with van der Waals surface area (Å²) in [5.74, 6) is 0.960. The molecule has 2 aromatic rings. The number of carbonyl (C=O) groups excluding carboxylic acids is 2. The van der Waals surface area contributed by atoms with Gasteiger partial charge in [0, 0.05) is 5.69 Å². The number of hydrogen-bond donors (Lipinski definition) is 2. The molecule has 7 nitrogen and oxygen atoms in total. The molecule has 2 aromatic carbocycles. The average Bonchev–Trinajstić information content (AvgIpc) is 2.68. The third-order valence-corrected chi connectivity index (χ3v) is 5.39. The topological polar surface area (TPSA) is 102 Å². The van der Waals surface area contributed by atoms with Crippen LogP contribution in [-0.4, -0.2) is 33.4 Å². The molecule has 0 heterocycles. The van der Waals surface area contributed by atoms with Crippen molar-refractivity contribution in [3.8, 4) is 12.3 Å². The second-order valence-corrected chi connectivity index (χ2v) is 7.69. The van der Waals surface area contributed by atoms with Gasteiger partial charge in [-0.25, -0.2) is 13.2 Å². The van der Waals surface area contributed by atoms with Gasteiger partial charge in [0.2, 0.25) is 10.0 Å². The zero-order valence-corrected chi connectivity index (χ0v) is 16.3. The first-order valence-corrected chi connectivity index (χ1v) is 9.79. The molecule has 0 radical (unpaired) electrons. The summed E-state index contributed by atoms with van der Waals surface area (Å²) in [5, 5.41) is 2.69. The Balaban J connectivity index is 1.95. The monoisotopic (exact) mass is 400 g/mol. The molecule has 0 aliphatic heterocycles. The Kier molecular flexibility index (Phi) is 6.93. The lowest BCUT2D eigenvalue weighted by Crippen LogP contribution is -2.24. The summed E-state index contributed by atoms with van der Waals surface area (Å²) in [6.07, 6.45) is 5.03. The molecule has 146 valence electrons. The van der Waals surface area contributed by atoms with Crippen LogP contribution in [0.15, 0.2) is 47.4 Å². The van der Waals surface area contributed by atoms with E-state index in [1.165, 1.54) is 24.3 Å². The number of hydrogen-bond acceptors (Lipinski definition) is 5. The van der Waals surface area contributed by atoms with E-state index >= 15 is 0 Å². The van der Waals surface area contributed by atoms with Crippen LogP contribution in [0.1, 0.15) is 21.5 Å². The maximum Gasteiger partial charge on any atom is 0.338 e. The van der Waals surface area contributed by atoms with Crippen molar-refractivity contribution < 1.29 is 22.7 Å². The van der Waals surface area contributed by atoms with E-state index in [1.807, 2.05) is 26.0 Å². The van der Waals surface area contributed by atoms with E-state index in [0.29, 0.717) is 5.69 Å². The molecule has 0 fully saturated rings. The Labute approximate surface area is 164 Å². The highest BCUT2D eigenvalue weighted by Gasteiger charge is 2.15. The quantitative estimate of drug-likeness (QED) is 0.547. The first-order chi connectivity index (χ1) is 13.2. The molecular formula is C20H20N2O5S. The summed E-state index contributed by atoms with van der Waals surface area (Å²) in [5.41, 5.74) is 2.73.